The van der Waals surface area contributed by atoms with E-state index in [0.717, 1.165) is 58.1 Å². The van der Waals surface area contributed by atoms with Crippen LogP contribution in [0.15, 0.2) is 41.9 Å². The minimum atomic E-state index is 0.327. The minimum absolute atomic E-state index is 0.327. The maximum Gasteiger partial charge on any atom is 0.193 e. The predicted molar refractivity (Wildman–Crippen MR) is 109 cm³/mol. The fourth-order valence-electron chi connectivity index (χ4n) is 3.27. The van der Waals surface area contributed by atoms with Crippen LogP contribution in [0.1, 0.15) is 30.9 Å². The highest BCUT2D eigenvalue weighted by Crippen LogP contribution is 2.12. The van der Waals surface area contributed by atoms with Crippen LogP contribution in [-0.2, 0) is 17.8 Å². The molecule has 2 rings (SSSR count). The highest BCUT2D eigenvalue weighted by atomic mass is 16.5. The first-order valence-electron chi connectivity index (χ1n) is 9.57. The van der Waals surface area contributed by atoms with Gasteiger partial charge in [0.25, 0.3) is 0 Å². The van der Waals surface area contributed by atoms with Crippen LogP contribution in [0.4, 0.5) is 0 Å². The van der Waals surface area contributed by atoms with Crippen LogP contribution in [0.3, 0.4) is 0 Å². The zero-order valence-electron chi connectivity index (χ0n) is 16.6. The predicted octanol–water partition coefficient (Wildman–Crippen LogP) is 2.88. The smallest absolute Gasteiger partial charge is 0.193 e. The first-order valence-corrected chi connectivity index (χ1v) is 9.57. The number of benzene rings is 1. The highest BCUT2D eigenvalue weighted by Gasteiger charge is 2.16. The summed E-state index contributed by atoms with van der Waals surface area (Å²) in [5.41, 5.74) is 2.64. The van der Waals surface area contributed by atoms with Gasteiger partial charge in [0.1, 0.15) is 0 Å². The zero-order valence-corrected chi connectivity index (χ0v) is 16.6. The average Bonchev–Trinajstić information content (AvgIpc) is 2.63. The first kappa shape index (κ1) is 20.5. The van der Waals surface area contributed by atoms with E-state index in [2.05, 4.69) is 64.9 Å². The summed E-state index contributed by atoms with van der Waals surface area (Å²) in [4.78, 5) is 9.02. The van der Waals surface area contributed by atoms with Crippen molar-refractivity contribution < 1.29 is 4.74 Å². The molecular weight excluding hydrogens is 324 g/mol. The Hall–Kier alpha value is -1.85. The Kier molecular flexibility index (Phi) is 8.65. The van der Waals surface area contributed by atoms with Gasteiger partial charge in [-0.25, -0.2) is 0 Å². The van der Waals surface area contributed by atoms with Crippen molar-refractivity contribution in [1.29, 1.82) is 0 Å². The van der Waals surface area contributed by atoms with Gasteiger partial charge in [0, 0.05) is 46.8 Å². The molecule has 0 aliphatic carbocycles. The van der Waals surface area contributed by atoms with Crippen molar-refractivity contribution in [3.05, 3.63) is 48.0 Å². The van der Waals surface area contributed by atoms with Gasteiger partial charge in [-0.15, -0.1) is 6.58 Å². The van der Waals surface area contributed by atoms with Crippen molar-refractivity contribution in [3.8, 4) is 0 Å². The number of hydrogen-bond donors (Lipinski definition) is 1. The number of hydrogen-bond acceptors (Lipinski definition) is 3. The molecule has 26 heavy (non-hydrogen) atoms. The Labute approximate surface area is 158 Å². The molecule has 0 bridgehead atoms. The van der Waals surface area contributed by atoms with Crippen molar-refractivity contribution >= 4 is 5.96 Å². The maximum atomic E-state index is 5.63. The lowest BCUT2D eigenvalue weighted by Gasteiger charge is -2.31. The molecule has 1 fully saturated rings. The monoisotopic (exact) mass is 358 g/mol. The van der Waals surface area contributed by atoms with E-state index in [4.69, 9.17) is 4.74 Å². The molecule has 5 heteroatoms. The van der Waals surface area contributed by atoms with Gasteiger partial charge in [0.05, 0.1) is 12.7 Å². The van der Waals surface area contributed by atoms with Crippen LogP contribution in [-0.4, -0.2) is 62.2 Å². The Bertz CT molecular complexity index is 587. The van der Waals surface area contributed by atoms with Crippen LogP contribution in [0.25, 0.3) is 0 Å². The molecule has 0 saturated carbocycles. The SMILES string of the molecule is C=CCCCN(C)C(=NC)NCc1cccc(CN2CCOC(C)C2)c1. The fourth-order valence-corrected chi connectivity index (χ4v) is 3.27. The normalized spacial score (nSPS) is 18.6. The van der Waals surface area contributed by atoms with E-state index in [1.165, 1.54) is 11.1 Å². The third kappa shape index (κ3) is 6.81. The number of nitrogens with one attached hydrogen (secondary N) is 1. The molecular formula is C21H34N4O. The quantitative estimate of drug-likeness (QED) is 0.336. The number of unbranched alkanes of at least 4 members (excludes halogenated alkanes) is 1. The zero-order chi connectivity index (χ0) is 18.8. The van der Waals surface area contributed by atoms with Crippen LogP contribution < -0.4 is 5.32 Å². The number of ether oxygens (including phenoxy) is 1. The molecule has 1 saturated heterocycles. The minimum Gasteiger partial charge on any atom is -0.376 e. The third-order valence-corrected chi connectivity index (χ3v) is 4.65. The molecule has 0 radical (unpaired) electrons. The molecule has 1 aromatic rings. The maximum absolute atomic E-state index is 5.63. The Balaban J connectivity index is 1.86. The van der Waals surface area contributed by atoms with Gasteiger partial charge in [-0.3, -0.25) is 9.89 Å². The summed E-state index contributed by atoms with van der Waals surface area (Å²) in [6.07, 6.45) is 4.41. The van der Waals surface area contributed by atoms with Crippen LogP contribution >= 0.6 is 0 Å². The number of guanidine groups is 1. The number of rotatable bonds is 8. The Morgan fingerprint density at radius 3 is 3.00 bits per heavy atom. The van der Waals surface area contributed by atoms with E-state index in [0.29, 0.717) is 6.10 Å². The molecule has 0 amide bonds. The first-order chi connectivity index (χ1) is 12.6. The van der Waals surface area contributed by atoms with Gasteiger partial charge in [0.2, 0.25) is 0 Å². The molecule has 1 aliphatic heterocycles. The summed E-state index contributed by atoms with van der Waals surface area (Å²) in [5.74, 6) is 0.932. The second-order valence-electron chi connectivity index (χ2n) is 6.99. The van der Waals surface area contributed by atoms with Crippen molar-refractivity contribution in [2.75, 3.05) is 40.3 Å². The molecule has 1 N–H and O–H groups in total. The molecule has 1 aliphatic rings. The lowest BCUT2D eigenvalue weighted by atomic mass is 10.1. The lowest BCUT2D eigenvalue weighted by molar-refractivity contribution is -0.0212. The molecule has 5 nitrogen and oxygen atoms in total. The van der Waals surface area contributed by atoms with Crippen LogP contribution in [0, 0.1) is 0 Å². The van der Waals surface area contributed by atoms with Crippen molar-refractivity contribution in [2.24, 2.45) is 4.99 Å². The van der Waals surface area contributed by atoms with E-state index in [9.17, 15) is 0 Å². The van der Waals surface area contributed by atoms with E-state index in [1.54, 1.807) is 0 Å². The van der Waals surface area contributed by atoms with Gasteiger partial charge in [-0.2, -0.15) is 0 Å². The Morgan fingerprint density at radius 1 is 1.46 bits per heavy atom. The lowest BCUT2D eigenvalue weighted by Crippen LogP contribution is -2.40. The van der Waals surface area contributed by atoms with Gasteiger partial charge < -0.3 is 15.0 Å². The molecule has 1 heterocycles. The molecule has 144 valence electrons. The van der Waals surface area contributed by atoms with E-state index >= 15 is 0 Å². The van der Waals surface area contributed by atoms with Gasteiger partial charge in [-0.05, 0) is 30.9 Å². The van der Waals surface area contributed by atoms with Crippen molar-refractivity contribution in [2.45, 2.75) is 39.0 Å². The van der Waals surface area contributed by atoms with Gasteiger partial charge in [-0.1, -0.05) is 30.3 Å². The summed E-state index contributed by atoms with van der Waals surface area (Å²) in [6.45, 7) is 11.5. The summed E-state index contributed by atoms with van der Waals surface area (Å²) < 4.78 is 5.63. The van der Waals surface area contributed by atoms with Gasteiger partial charge >= 0.3 is 0 Å². The van der Waals surface area contributed by atoms with Crippen LogP contribution in [0.2, 0.25) is 0 Å². The number of morpholine rings is 1. The van der Waals surface area contributed by atoms with Crippen LogP contribution in [0.5, 0.6) is 0 Å². The number of allylic oxidation sites excluding steroid dienone is 1. The summed E-state index contributed by atoms with van der Waals surface area (Å²) >= 11 is 0. The topological polar surface area (TPSA) is 40.1 Å². The fraction of sp³-hybridized carbons (Fsp3) is 0.571. The largest absolute Gasteiger partial charge is 0.376 e. The molecule has 0 aromatic heterocycles. The standard InChI is InChI=1S/C21H34N4O/c1-5-6-7-11-24(4)21(22-3)23-15-19-9-8-10-20(14-19)17-25-12-13-26-18(2)16-25/h5,8-10,14,18H,1,6-7,11-13,15-17H2,2-4H3,(H,22,23). The highest BCUT2D eigenvalue weighted by molar-refractivity contribution is 5.79. The molecule has 0 spiro atoms. The summed E-state index contributed by atoms with van der Waals surface area (Å²) in [7, 11) is 3.91. The number of nitrogens with zero attached hydrogens (tertiary/aromatic N) is 3. The summed E-state index contributed by atoms with van der Waals surface area (Å²) in [5, 5.41) is 3.47. The second kappa shape index (κ2) is 11.0. The second-order valence-corrected chi connectivity index (χ2v) is 6.99. The van der Waals surface area contributed by atoms with Gasteiger partial charge in [0.15, 0.2) is 5.96 Å². The van der Waals surface area contributed by atoms with E-state index < -0.39 is 0 Å². The van der Waals surface area contributed by atoms with Crippen molar-refractivity contribution in [1.82, 2.24) is 15.1 Å². The average molecular weight is 359 g/mol. The molecule has 1 atom stereocenters. The van der Waals surface area contributed by atoms with E-state index in [1.807, 2.05) is 13.1 Å². The molecule has 1 aromatic carbocycles. The number of aliphatic imine (C=N–C) groups is 1. The van der Waals surface area contributed by atoms with E-state index in [-0.39, 0.29) is 0 Å². The summed E-state index contributed by atoms with van der Waals surface area (Å²) in [6, 6.07) is 8.81. The molecule has 1 unspecified atom stereocenters. The third-order valence-electron chi connectivity index (χ3n) is 4.65. The Morgan fingerprint density at radius 2 is 2.27 bits per heavy atom. The van der Waals surface area contributed by atoms with Crippen molar-refractivity contribution in [3.63, 3.8) is 0 Å².